The number of nitrogens with one attached hydrogen (secondary N) is 2. The Balaban J connectivity index is 1.57. The van der Waals surface area contributed by atoms with E-state index in [9.17, 15) is 14.0 Å². The Bertz CT molecular complexity index is 978. The molecule has 0 bridgehead atoms. The zero-order valence-electron chi connectivity index (χ0n) is 14.1. The molecule has 132 valence electrons. The molecule has 3 aromatic rings. The van der Waals surface area contributed by atoms with Crippen molar-refractivity contribution in [1.29, 1.82) is 0 Å². The number of carbonyl (C=O) groups excluding carboxylic acids is 2. The molecule has 2 amide bonds. The third-order valence-electron chi connectivity index (χ3n) is 4.60. The molecule has 4 rings (SSSR count). The molecule has 0 saturated carbocycles. The Hall–Kier alpha value is -3.15. The number of anilines is 1. The number of halogens is 1. The number of amides is 2. The second kappa shape index (κ2) is 6.29. The van der Waals surface area contributed by atoms with Gasteiger partial charge >= 0.3 is 0 Å². The van der Waals surface area contributed by atoms with Gasteiger partial charge in [-0.3, -0.25) is 9.59 Å². The van der Waals surface area contributed by atoms with Crippen molar-refractivity contribution in [3.63, 3.8) is 0 Å². The molecular formula is C20H17FN2O3. The average Bonchev–Trinajstić information content (AvgIpc) is 3.04. The third kappa shape index (κ3) is 2.94. The monoisotopic (exact) mass is 352 g/mol. The highest BCUT2D eigenvalue weighted by atomic mass is 19.1. The SMILES string of the molecule is CC(NC(=O)C1CC(=O)Nc2cc(F)ccc21)c1cc2ccccc2o1. The van der Waals surface area contributed by atoms with Crippen molar-refractivity contribution in [2.45, 2.75) is 25.3 Å². The van der Waals surface area contributed by atoms with Crippen LogP contribution in [-0.4, -0.2) is 11.8 Å². The maximum atomic E-state index is 13.4. The van der Waals surface area contributed by atoms with Crippen LogP contribution in [-0.2, 0) is 9.59 Å². The molecule has 0 radical (unpaired) electrons. The molecule has 2 N–H and O–H groups in total. The molecule has 5 nitrogen and oxygen atoms in total. The maximum absolute atomic E-state index is 13.4. The van der Waals surface area contributed by atoms with Crippen molar-refractivity contribution in [1.82, 2.24) is 5.32 Å². The van der Waals surface area contributed by atoms with Gasteiger partial charge in [-0.15, -0.1) is 0 Å². The molecule has 0 saturated heterocycles. The lowest BCUT2D eigenvalue weighted by atomic mass is 9.89. The number of benzene rings is 2. The van der Waals surface area contributed by atoms with Gasteiger partial charge in [-0.1, -0.05) is 24.3 Å². The van der Waals surface area contributed by atoms with Crippen LogP contribution in [0.15, 0.2) is 52.9 Å². The van der Waals surface area contributed by atoms with Gasteiger partial charge in [0.1, 0.15) is 17.2 Å². The summed E-state index contributed by atoms with van der Waals surface area (Å²) >= 11 is 0. The third-order valence-corrected chi connectivity index (χ3v) is 4.60. The lowest BCUT2D eigenvalue weighted by molar-refractivity contribution is -0.126. The van der Waals surface area contributed by atoms with Crippen LogP contribution in [0.25, 0.3) is 11.0 Å². The molecule has 2 heterocycles. The minimum Gasteiger partial charge on any atom is -0.459 e. The first-order chi connectivity index (χ1) is 12.5. The molecule has 2 unspecified atom stereocenters. The summed E-state index contributed by atoms with van der Waals surface area (Å²) < 4.78 is 19.2. The fraction of sp³-hybridized carbons (Fsp3) is 0.200. The summed E-state index contributed by atoms with van der Waals surface area (Å²) in [5.41, 5.74) is 1.71. The van der Waals surface area contributed by atoms with Crippen LogP contribution >= 0.6 is 0 Å². The van der Waals surface area contributed by atoms with Crippen molar-refractivity contribution < 1.29 is 18.4 Å². The van der Waals surface area contributed by atoms with Gasteiger partial charge in [0.2, 0.25) is 11.8 Å². The van der Waals surface area contributed by atoms with E-state index in [0.717, 1.165) is 11.0 Å². The van der Waals surface area contributed by atoms with E-state index < -0.39 is 11.7 Å². The fourth-order valence-corrected chi connectivity index (χ4v) is 3.27. The van der Waals surface area contributed by atoms with E-state index in [1.807, 2.05) is 37.3 Å². The van der Waals surface area contributed by atoms with E-state index in [1.165, 1.54) is 12.1 Å². The normalized spacial score (nSPS) is 17.5. The minimum absolute atomic E-state index is 0.0251. The Morgan fingerprint density at radius 2 is 2.08 bits per heavy atom. The van der Waals surface area contributed by atoms with E-state index >= 15 is 0 Å². The zero-order valence-corrected chi connectivity index (χ0v) is 14.1. The molecule has 6 heteroatoms. The number of furan rings is 1. The molecular weight excluding hydrogens is 335 g/mol. The second-order valence-electron chi connectivity index (χ2n) is 6.45. The molecule has 0 spiro atoms. The number of fused-ring (bicyclic) bond motifs is 2. The first-order valence-electron chi connectivity index (χ1n) is 8.39. The van der Waals surface area contributed by atoms with E-state index in [1.54, 1.807) is 6.07 Å². The average molecular weight is 352 g/mol. The molecule has 1 aromatic heterocycles. The van der Waals surface area contributed by atoms with Gasteiger partial charge in [-0.05, 0) is 36.8 Å². The van der Waals surface area contributed by atoms with Crippen LogP contribution in [0.4, 0.5) is 10.1 Å². The first kappa shape index (κ1) is 16.3. The smallest absolute Gasteiger partial charge is 0.228 e. The van der Waals surface area contributed by atoms with Gasteiger partial charge in [0, 0.05) is 17.5 Å². The molecule has 2 aromatic carbocycles. The number of hydrogen-bond acceptors (Lipinski definition) is 3. The number of rotatable bonds is 3. The van der Waals surface area contributed by atoms with Gasteiger partial charge in [0.05, 0.1) is 12.0 Å². The Kier molecular flexibility index (Phi) is 3.95. The van der Waals surface area contributed by atoms with Gasteiger partial charge in [0.25, 0.3) is 0 Å². The molecule has 26 heavy (non-hydrogen) atoms. The van der Waals surface area contributed by atoms with Gasteiger partial charge in [0.15, 0.2) is 0 Å². The largest absolute Gasteiger partial charge is 0.459 e. The number of carbonyl (C=O) groups is 2. The van der Waals surface area contributed by atoms with Gasteiger partial charge < -0.3 is 15.1 Å². The summed E-state index contributed by atoms with van der Waals surface area (Å²) in [5, 5.41) is 6.47. The predicted octanol–water partition coefficient (Wildman–Crippen LogP) is 3.88. The minimum atomic E-state index is -0.661. The van der Waals surface area contributed by atoms with E-state index in [-0.39, 0.29) is 24.3 Å². The lowest BCUT2D eigenvalue weighted by Gasteiger charge is -2.26. The molecule has 1 aliphatic rings. The summed E-state index contributed by atoms with van der Waals surface area (Å²) in [5.74, 6) is -1.08. The number of para-hydroxylation sites is 1. The number of hydrogen-bond donors (Lipinski definition) is 2. The van der Waals surface area contributed by atoms with E-state index in [0.29, 0.717) is 17.0 Å². The Morgan fingerprint density at radius 1 is 1.27 bits per heavy atom. The van der Waals surface area contributed by atoms with Crippen molar-refractivity contribution in [2.24, 2.45) is 0 Å². The van der Waals surface area contributed by atoms with Crippen molar-refractivity contribution in [3.8, 4) is 0 Å². The summed E-state index contributed by atoms with van der Waals surface area (Å²) in [4.78, 5) is 24.7. The van der Waals surface area contributed by atoms with Gasteiger partial charge in [-0.25, -0.2) is 4.39 Å². The van der Waals surface area contributed by atoms with Crippen LogP contribution in [0.1, 0.15) is 36.6 Å². The molecule has 0 aliphatic carbocycles. The van der Waals surface area contributed by atoms with Crippen LogP contribution in [0.3, 0.4) is 0 Å². The lowest BCUT2D eigenvalue weighted by Crippen LogP contribution is -2.36. The fourth-order valence-electron chi connectivity index (χ4n) is 3.27. The summed E-state index contributed by atoms with van der Waals surface area (Å²) in [6.45, 7) is 1.82. The van der Waals surface area contributed by atoms with Crippen LogP contribution in [0.5, 0.6) is 0 Å². The van der Waals surface area contributed by atoms with Crippen molar-refractivity contribution in [3.05, 3.63) is 65.7 Å². The second-order valence-corrected chi connectivity index (χ2v) is 6.45. The quantitative estimate of drug-likeness (QED) is 0.751. The highest BCUT2D eigenvalue weighted by Gasteiger charge is 2.32. The maximum Gasteiger partial charge on any atom is 0.228 e. The van der Waals surface area contributed by atoms with Crippen LogP contribution < -0.4 is 10.6 Å². The van der Waals surface area contributed by atoms with Gasteiger partial charge in [-0.2, -0.15) is 0 Å². The highest BCUT2D eigenvalue weighted by molar-refractivity contribution is 6.01. The summed E-state index contributed by atoms with van der Waals surface area (Å²) in [7, 11) is 0. The summed E-state index contributed by atoms with van der Waals surface area (Å²) in [6.07, 6.45) is 0.0251. The van der Waals surface area contributed by atoms with E-state index in [4.69, 9.17) is 4.42 Å². The molecule has 2 atom stereocenters. The van der Waals surface area contributed by atoms with E-state index in [2.05, 4.69) is 10.6 Å². The highest BCUT2D eigenvalue weighted by Crippen LogP contribution is 2.33. The van der Waals surface area contributed by atoms with Crippen molar-refractivity contribution in [2.75, 3.05) is 5.32 Å². The standard InChI is InChI=1S/C20H17FN2O3/c1-11(18-8-12-4-2-3-5-17(12)26-18)22-20(25)15-10-19(24)23-16-9-13(21)6-7-14(15)16/h2-9,11,15H,10H2,1H3,(H,22,25)(H,23,24). The Morgan fingerprint density at radius 3 is 2.88 bits per heavy atom. The van der Waals surface area contributed by atoms with Crippen LogP contribution in [0, 0.1) is 5.82 Å². The molecule has 0 fully saturated rings. The van der Waals surface area contributed by atoms with Crippen LogP contribution in [0.2, 0.25) is 0 Å². The Labute approximate surface area is 149 Å². The summed E-state index contributed by atoms with van der Waals surface area (Å²) in [6, 6.07) is 13.2. The zero-order chi connectivity index (χ0) is 18.3. The predicted molar refractivity (Wildman–Crippen MR) is 95.2 cm³/mol. The first-order valence-corrected chi connectivity index (χ1v) is 8.39. The molecule has 1 aliphatic heterocycles. The van der Waals surface area contributed by atoms with Crippen molar-refractivity contribution >= 4 is 28.5 Å². The topological polar surface area (TPSA) is 71.3 Å².